The van der Waals surface area contributed by atoms with Crippen molar-refractivity contribution >= 4 is 39.6 Å². The van der Waals surface area contributed by atoms with Crippen LogP contribution in [0.2, 0.25) is 0 Å². The zero-order chi connectivity index (χ0) is 16.4. The summed E-state index contributed by atoms with van der Waals surface area (Å²) in [5.74, 6) is -0.200. The van der Waals surface area contributed by atoms with Crippen molar-refractivity contribution in [3.8, 4) is 0 Å². The molecule has 0 saturated carbocycles. The molecule has 1 amide bonds. The number of hydrogen-bond donors (Lipinski definition) is 1. The zero-order valence-electron chi connectivity index (χ0n) is 12.8. The summed E-state index contributed by atoms with van der Waals surface area (Å²) in [6, 6.07) is 17.3. The van der Waals surface area contributed by atoms with Crippen LogP contribution in [-0.4, -0.2) is 10.9 Å². The van der Waals surface area contributed by atoms with Gasteiger partial charge in [-0.25, -0.2) is 0 Å². The molecule has 1 N–H and O–H groups in total. The van der Waals surface area contributed by atoms with Crippen LogP contribution < -0.4 is 5.32 Å². The van der Waals surface area contributed by atoms with Crippen LogP contribution >= 0.6 is 0 Å². The van der Waals surface area contributed by atoms with Crippen molar-refractivity contribution in [3.63, 3.8) is 0 Å². The van der Waals surface area contributed by atoms with Crippen LogP contribution in [0.25, 0.3) is 28.0 Å². The number of nitrogens with zero attached hydrogens (tertiary/aromatic N) is 1. The number of nitrogens with one attached hydrogen (secondary N) is 1. The van der Waals surface area contributed by atoms with Crippen LogP contribution in [0.1, 0.15) is 5.56 Å². The third-order valence-corrected chi connectivity index (χ3v) is 3.76. The number of aromatic nitrogens is 1. The summed E-state index contributed by atoms with van der Waals surface area (Å²) >= 11 is 0. The number of carbonyl (C=O) groups is 1. The third kappa shape index (κ3) is 2.77. The topological polar surface area (TPSA) is 55.1 Å². The van der Waals surface area contributed by atoms with E-state index in [1.54, 1.807) is 18.5 Å². The Morgan fingerprint density at radius 1 is 1.00 bits per heavy atom. The maximum absolute atomic E-state index is 12.0. The minimum atomic E-state index is -0.200. The monoisotopic (exact) mass is 314 g/mol. The Morgan fingerprint density at radius 3 is 2.75 bits per heavy atom. The second kappa shape index (κ2) is 6.01. The van der Waals surface area contributed by atoms with Gasteiger partial charge in [0.25, 0.3) is 0 Å². The lowest BCUT2D eigenvalue weighted by atomic mass is 10.1. The first kappa shape index (κ1) is 14.2. The summed E-state index contributed by atoms with van der Waals surface area (Å²) < 4.78 is 5.83. The fourth-order valence-corrected chi connectivity index (χ4v) is 2.63. The Morgan fingerprint density at radius 2 is 1.88 bits per heavy atom. The van der Waals surface area contributed by atoms with Crippen LogP contribution in [0, 0.1) is 0 Å². The Hall–Kier alpha value is -3.40. The molecule has 0 aliphatic rings. The largest absolute Gasteiger partial charge is 0.456 e. The first-order valence-corrected chi connectivity index (χ1v) is 7.60. The van der Waals surface area contributed by atoms with E-state index in [0.29, 0.717) is 5.69 Å². The quantitative estimate of drug-likeness (QED) is 0.561. The van der Waals surface area contributed by atoms with E-state index in [9.17, 15) is 4.79 Å². The number of benzene rings is 2. The molecule has 0 saturated heterocycles. The average Bonchev–Trinajstić information content (AvgIpc) is 2.98. The summed E-state index contributed by atoms with van der Waals surface area (Å²) in [5.41, 5.74) is 3.17. The third-order valence-electron chi connectivity index (χ3n) is 3.76. The van der Waals surface area contributed by atoms with Gasteiger partial charge in [-0.2, -0.15) is 0 Å². The van der Waals surface area contributed by atoms with Gasteiger partial charge in [-0.1, -0.05) is 24.3 Å². The molecule has 0 aliphatic carbocycles. The summed E-state index contributed by atoms with van der Waals surface area (Å²) in [7, 11) is 0. The molecule has 0 atom stereocenters. The van der Waals surface area contributed by atoms with Crippen molar-refractivity contribution < 1.29 is 9.21 Å². The molecule has 4 heteroatoms. The second-order valence-electron chi connectivity index (χ2n) is 5.42. The van der Waals surface area contributed by atoms with E-state index in [2.05, 4.69) is 10.3 Å². The van der Waals surface area contributed by atoms with Crippen LogP contribution in [0.5, 0.6) is 0 Å². The summed E-state index contributed by atoms with van der Waals surface area (Å²) in [6.45, 7) is 0. The molecule has 2 heterocycles. The molecule has 2 aromatic carbocycles. The molecule has 4 nitrogen and oxygen atoms in total. The lowest BCUT2D eigenvalue weighted by Crippen LogP contribution is -2.07. The van der Waals surface area contributed by atoms with E-state index >= 15 is 0 Å². The van der Waals surface area contributed by atoms with E-state index < -0.39 is 0 Å². The molecule has 24 heavy (non-hydrogen) atoms. The van der Waals surface area contributed by atoms with Gasteiger partial charge in [-0.15, -0.1) is 0 Å². The van der Waals surface area contributed by atoms with Crippen molar-refractivity contribution in [1.82, 2.24) is 4.98 Å². The standard InChI is InChI=1S/C20H14N2O2/c23-20(10-7-14-4-3-11-21-13-14)22-15-8-9-17-16-5-1-2-6-18(16)24-19(17)12-15/h1-13H,(H,22,23)/b10-7+. The highest BCUT2D eigenvalue weighted by Gasteiger charge is 2.07. The van der Waals surface area contributed by atoms with Crippen molar-refractivity contribution in [2.24, 2.45) is 0 Å². The molecule has 0 spiro atoms. The number of fused-ring (bicyclic) bond motifs is 3. The Bertz CT molecular complexity index is 1050. The number of anilines is 1. The van der Waals surface area contributed by atoms with Crippen molar-refractivity contribution in [2.45, 2.75) is 0 Å². The Balaban J connectivity index is 1.57. The molecule has 0 unspecified atom stereocenters. The number of carbonyl (C=O) groups excluding carboxylic acids is 1. The van der Waals surface area contributed by atoms with E-state index in [1.807, 2.05) is 54.6 Å². The molecule has 2 aromatic heterocycles. The Kier molecular flexibility index (Phi) is 3.56. The number of pyridine rings is 1. The number of amides is 1. The number of hydrogen-bond acceptors (Lipinski definition) is 3. The van der Waals surface area contributed by atoms with Gasteiger partial charge < -0.3 is 9.73 Å². The molecular formula is C20H14N2O2. The van der Waals surface area contributed by atoms with E-state index in [4.69, 9.17) is 4.42 Å². The SMILES string of the molecule is O=C(/C=C/c1cccnc1)Nc1ccc2c(c1)oc1ccccc12. The van der Waals surface area contributed by atoms with Gasteiger partial charge in [0.2, 0.25) is 5.91 Å². The van der Waals surface area contributed by atoms with Gasteiger partial charge in [0.1, 0.15) is 11.2 Å². The van der Waals surface area contributed by atoms with Crippen molar-refractivity contribution in [1.29, 1.82) is 0 Å². The van der Waals surface area contributed by atoms with Crippen molar-refractivity contribution in [3.05, 3.63) is 78.6 Å². The number of furan rings is 1. The van der Waals surface area contributed by atoms with Gasteiger partial charge in [0.05, 0.1) is 0 Å². The molecule has 0 aliphatic heterocycles. The smallest absolute Gasteiger partial charge is 0.248 e. The first-order chi connectivity index (χ1) is 11.8. The van der Waals surface area contributed by atoms with Crippen LogP contribution in [0.3, 0.4) is 0 Å². The molecule has 116 valence electrons. The number of para-hydroxylation sites is 1. The van der Waals surface area contributed by atoms with Crippen LogP contribution in [0.4, 0.5) is 5.69 Å². The van der Waals surface area contributed by atoms with Gasteiger partial charge in [-0.05, 0) is 35.9 Å². The lowest BCUT2D eigenvalue weighted by molar-refractivity contribution is -0.111. The lowest BCUT2D eigenvalue weighted by Gasteiger charge is -2.01. The van der Waals surface area contributed by atoms with Gasteiger partial charge in [0, 0.05) is 41.0 Å². The van der Waals surface area contributed by atoms with Gasteiger partial charge >= 0.3 is 0 Å². The highest BCUT2D eigenvalue weighted by molar-refractivity contribution is 6.07. The minimum Gasteiger partial charge on any atom is -0.456 e. The molecule has 0 fully saturated rings. The van der Waals surface area contributed by atoms with E-state index in [-0.39, 0.29) is 5.91 Å². The zero-order valence-corrected chi connectivity index (χ0v) is 12.8. The highest BCUT2D eigenvalue weighted by Crippen LogP contribution is 2.30. The maximum Gasteiger partial charge on any atom is 0.248 e. The number of rotatable bonds is 3. The summed E-state index contributed by atoms with van der Waals surface area (Å²) in [4.78, 5) is 16.1. The first-order valence-electron chi connectivity index (χ1n) is 7.60. The van der Waals surface area contributed by atoms with Crippen LogP contribution in [-0.2, 0) is 4.79 Å². The second-order valence-corrected chi connectivity index (χ2v) is 5.42. The van der Waals surface area contributed by atoms with Gasteiger partial charge in [-0.3, -0.25) is 9.78 Å². The summed E-state index contributed by atoms with van der Waals surface area (Å²) in [5, 5.41) is 4.95. The normalized spacial score (nSPS) is 11.3. The van der Waals surface area contributed by atoms with Gasteiger partial charge in [0.15, 0.2) is 0 Å². The highest BCUT2D eigenvalue weighted by atomic mass is 16.3. The molecule has 4 rings (SSSR count). The molecular weight excluding hydrogens is 300 g/mol. The van der Waals surface area contributed by atoms with E-state index in [1.165, 1.54) is 6.08 Å². The molecule has 0 bridgehead atoms. The maximum atomic E-state index is 12.0. The molecule has 4 aromatic rings. The summed E-state index contributed by atoms with van der Waals surface area (Å²) in [6.07, 6.45) is 6.60. The minimum absolute atomic E-state index is 0.200. The van der Waals surface area contributed by atoms with Crippen molar-refractivity contribution in [2.75, 3.05) is 5.32 Å². The fraction of sp³-hybridized carbons (Fsp3) is 0. The predicted octanol–water partition coefficient (Wildman–Crippen LogP) is 4.63. The molecule has 0 radical (unpaired) electrons. The fourth-order valence-electron chi connectivity index (χ4n) is 2.63. The Labute approximate surface area is 138 Å². The predicted molar refractivity (Wildman–Crippen MR) is 95.6 cm³/mol. The van der Waals surface area contributed by atoms with E-state index in [0.717, 1.165) is 27.5 Å². The average molecular weight is 314 g/mol. The van der Waals surface area contributed by atoms with Crippen LogP contribution in [0.15, 0.2) is 77.5 Å².